The third-order valence-electron chi connectivity index (χ3n) is 4.91. The lowest BCUT2D eigenvalue weighted by Crippen LogP contribution is -2.51. The molecule has 0 saturated carbocycles. The molecule has 138 valence electrons. The summed E-state index contributed by atoms with van der Waals surface area (Å²) in [7, 11) is 0. The Morgan fingerprint density at radius 1 is 1.23 bits per heavy atom. The highest BCUT2D eigenvalue weighted by molar-refractivity contribution is 5.84. The highest BCUT2D eigenvalue weighted by Crippen LogP contribution is 2.26. The van der Waals surface area contributed by atoms with Crippen LogP contribution < -0.4 is 5.73 Å². The van der Waals surface area contributed by atoms with Gasteiger partial charge in [0.1, 0.15) is 11.4 Å². The second-order valence-electron chi connectivity index (χ2n) is 7.49. The summed E-state index contributed by atoms with van der Waals surface area (Å²) >= 11 is 0. The molecule has 1 amide bonds. The molecule has 1 fully saturated rings. The van der Waals surface area contributed by atoms with Gasteiger partial charge in [-0.25, -0.2) is 4.39 Å². The van der Waals surface area contributed by atoms with Crippen LogP contribution >= 0.6 is 0 Å². The van der Waals surface area contributed by atoms with Crippen molar-refractivity contribution < 1.29 is 14.3 Å². The van der Waals surface area contributed by atoms with E-state index in [0.717, 1.165) is 23.1 Å². The van der Waals surface area contributed by atoms with Crippen molar-refractivity contribution in [3.63, 3.8) is 0 Å². The monoisotopic (exact) mass is 356 g/mol. The minimum absolute atomic E-state index is 0.126. The van der Waals surface area contributed by atoms with E-state index in [9.17, 15) is 14.3 Å². The highest BCUT2D eigenvalue weighted by atomic mass is 19.1. The number of amides is 1. The van der Waals surface area contributed by atoms with Gasteiger partial charge in [-0.2, -0.15) is 0 Å². The van der Waals surface area contributed by atoms with Crippen molar-refractivity contribution in [1.29, 1.82) is 0 Å². The van der Waals surface area contributed by atoms with Crippen LogP contribution in [0.2, 0.25) is 0 Å². The van der Waals surface area contributed by atoms with E-state index in [1.807, 2.05) is 30.3 Å². The molecule has 0 aromatic heterocycles. The van der Waals surface area contributed by atoms with Crippen LogP contribution in [0.5, 0.6) is 0 Å². The maximum absolute atomic E-state index is 13.5. The molecule has 0 aliphatic carbocycles. The van der Waals surface area contributed by atoms with Crippen molar-refractivity contribution in [2.24, 2.45) is 5.73 Å². The number of nitrogens with zero attached hydrogens (tertiary/aromatic N) is 1. The Kier molecular flexibility index (Phi) is 5.12. The van der Waals surface area contributed by atoms with Crippen LogP contribution in [0.25, 0.3) is 11.1 Å². The van der Waals surface area contributed by atoms with Crippen molar-refractivity contribution in [1.82, 2.24) is 4.90 Å². The SMILES string of the molecule is CC(C)(O)C(=O)N1CCC(N)C1Cc1cccc(-c2cccc(F)c2)c1. The molecule has 5 heteroatoms. The van der Waals surface area contributed by atoms with Crippen LogP contribution in [0, 0.1) is 5.82 Å². The summed E-state index contributed by atoms with van der Waals surface area (Å²) in [6.45, 7) is 3.56. The Morgan fingerprint density at radius 3 is 2.54 bits per heavy atom. The molecule has 26 heavy (non-hydrogen) atoms. The first-order chi connectivity index (χ1) is 12.3. The highest BCUT2D eigenvalue weighted by Gasteiger charge is 2.40. The Bertz CT molecular complexity index is 801. The number of aliphatic hydroxyl groups is 1. The summed E-state index contributed by atoms with van der Waals surface area (Å²) in [5.41, 5.74) is 7.60. The van der Waals surface area contributed by atoms with E-state index < -0.39 is 5.60 Å². The molecule has 0 spiro atoms. The van der Waals surface area contributed by atoms with Crippen molar-refractivity contribution in [2.75, 3.05) is 6.54 Å². The quantitative estimate of drug-likeness (QED) is 0.885. The fourth-order valence-corrected chi connectivity index (χ4v) is 3.53. The van der Waals surface area contributed by atoms with Gasteiger partial charge in [0.25, 0.3) is 5.91 Å². The average Bonchev–Trinajstić information content (AvgIpc) is 2.94. The lowest BCUT2D eigenvalue weighted by Gasteiger charge is -2.31. The molecular formula is C21H25FN2O2. The summed E-state index contributed by atoms with van der Waals surface area (Å²) in [4.78, 5) is 14.2. The van der Waals surface area contributed by atoms with Gasteiger partial charge in [-0.15, -0.1) is 0 Å². The Balaban J connectivity index is 1.83. The third-order valence-corrected chi connectivity index (χ3v) is 4.91. The number of rotatable bonds is 4. The number of benzene rings is 2. The van der Waals surface area contributed by atoms with E-state index in [2.05, 4.69) is 0 Å². The number of halogens is 1. The molecule has 1 aliphatic rings. The van der Waals surface area contributed by atoms with Crippen molar-refractivity contribution >= 4 is 5.91 Å². The number of hydrogen-bond donors (Lipinski definition) is 2. The largest absolute Gasteiger partial charge is 0.381 e. The lowest BCUT2D eigenvalue weighted by molar-refractivity contribution is -0.148. The minimum Gasteiger partial charge on any atom is -0.381 e. The zero-order chi connectivity index (χ0) is 18.9. The number of carbonyl (C=O) groups excluding carboxylic acids is 1. The van der Waals surface area contributed by atoms with E-state index in [1.165, 1.54) is 26.0 Å². The van der Waals surface area contributed by atoms with Crippen LogP contribution in [-0.4, -0.2) is 40.1 Å². The molecule has 2 aromatic rings. The molecule has 4 nitrogen and oxygen atoms in total. The maximum atomic E-state index is 13.5. The molecule has 2 unspecified atom stereocenters. The van der Waals surface area contributed by atoms with Crippen LogP contribution in [0.4, 0.5) is 4.39 Å². The molecule has 2 atom stereocenters. The van der Waals surface area contributed by atoms with Crippen molar-refractivity contribution in [3.8, 4) is 11.1 Å². The average molecular weight is 356 g/mol. The van der Waals surface area contributed by atoms with E-state index >= 15 is 0 Å². The Morgan fingerprint density at radius 2 is 1.88 bits per heavy atom. The number of carbonyl (C=O) groups is 1. The third kappa shape index (κ3) is 3.94. The van der Waals surface area contributed by atoms with Crippen LogP contribution in [-0.2, 0) is 11.2 Å². The van der Waals surface area contributed by atoms with E-state index in [1.54, 1.807) is 11.0 Å². The van der Waals surface area contributed by atoms with E-state index in [0.29, 0.717) is 13.0 Å². The van der Waals surface area contributed by atoms with Gasteiger partial charge >= 0.3 is 0 Å². The van der Waals surface area contributed by atoms with E-state index in [4.69, 9.17) is 5.73 Å². The number of nitrogens with two attached hydrogens (primary N) is 1. The van der Waals surface area contributed by atoms with Crippen LogP contribution in [0.1, 0.15) is 25.8 Å². The van der Waals surface area contributed by atoms with Gasteiger partial charge in [0, 0.05) is 12.6 Å². The smallest absolute Gasteiger partial charge is 0.254 e. The number of hydrogen-bond acceptors (Lipinski definition) is 3. The molecule has 0 radical (unpaired) electrons. The molecule has 3 rings (SSSR count). The van der Waals surface area contributed by atoms with Crippen LogP contribution in [0.15, 0.2) is 48.5 Å². The molecular weight excluding hydrogens is 331 g/mol. The van der Waals surface area contributed by atoms with Gasteiger partial charge in [-0.3, -0.25) is 4.79 Å². The van der Waals surface area contributed by atoms with Gasteiger partial charge in [0.2, 0.25) is 0 Å². The normalized spacial score (nSPS) is 20.4. The second kappa shape index (κ2) is 7.17. The summed E-state index contributed by atoms with van der Waals surface area (Å²) in [6.07, 6.45) is 1.32. The molecule has 1 saturated heterocycles. The molecule has 3 N–H and O–H groups in total. The second-order valence-corrected chi connectivity index (χ2v) is 7.49. The van der Waals surface area contributed by atoms with E-state index in [-0.39, 0.29) is 23.8 Å². The Labute approximate surface area is 153 Å². The first-order valence-corrected chi connectivity index (χ1v) is 8.89. The molecule has 1 aliphatic heterocycles. The van der Waals surface area contributed by atoms with Crippen molar-refractivity contribution in [2.45, 2.75) is 44.4 Å². The predicted octanol–water partition coefficient (Wildman–Crippen LogP) is 2.73. The zero-order valence-electron chi connectivity index (χ0n) is 15.2. The maximum Gasteiger partial charge on any atom is 0.254 e. The minimum atomic E-state index is -1.41. The summed E-state index contributed by atoms with van der Waals surface area (Å²) in [5.74, 6) is -0.565. The number of likely N-dealkylation sites (tertiary alicyclic amines) is 1. The first-order valence-electron chi connectivity index (χ1n) is 8.89. The van der Waals surface area contributed by atoms with Crippen molar-refractivity contribution in [3.05, 3.63) is 59.9 Å². The first kappa shape index (κ1) is 18.5. The fraction of sp³-hybridized carbons (Fsp3) is 0.381. The molecule has 2 aromatic carbocycles. The standard InChI is InChI=1S/C21H25FN2O2/c1-21(2,26)20(25)24-10-9-18(23)19(24)12-14-5-3-6-15(11-14)16-7-4-8-17(22)13-16/h3-8,11,13,18-19,26H,9-10,12,23H2,1-2H3. The van der Waals surface area contributed by atoms with Gasteiger partial charge in [-0.05, 0) is 55.5 Å². The summed E-state index contributed by atoms with van der Waals surface area (Å²) < 4.78 is 13.5. The predicted molar refractivity (Wildman–Crippen MR) is 99.9 cm³/mol. The summed E-state index contributed by atoms with van der Waals surface area (Å²) in [5, 5.41) is 10.1. The molecule has 1 heterocycles. The van der Waals surface area contributed by atoms with Gasteiger partial charge in [-0.1, -0.05) is 36.4 Å². The van der Waals surface area contributed by atoms with Gasteiger partial charge in [0.05, 0.1) is 6.04 Å². The fourth-order valence-electron chi connectivity index (χ4n) is 3.53. The van der Waals surface area contributed by atoms with Gasteiger partial charge in [0.15, 0.2) is 0 Å². The topological polar surface area (TPSA) is 66.6 Å². The van der Waals surface area contributed by atoms with Gasteiger partial charge < -0.3 is 15.7 Å². The van der Waals surface area contributed by atoms with Crippen LogP contribution in [0.3, 0.4) is 0 Å². The zero-order valence-corrected chi connectivity index (χ0v) is 15.2. The lowest BCUT2D eigenvalue weighted by atomic mass is 9.96. The Hall–Kier alpha value is -2.24. The summed E-state index contributed by atoms with van der Waals surface area (Å²) in [6, 6.07) is 14.1. The molecule has 0 bridgehead atoms.